The Hall–Kier alpha value is -3.64. The first-order valence-electron chi connectivity index (χ1n) is 11.4. The van der Waals surface area contributed by atoms with Crippen LogP contribution in [0.4, 0.5) is 11.4 Å². The summed E-state index contributed by atoms with van der Waals surface area (Å²) < 4.78 is 5.54. The van der Waals surface area contributed by atoms with Gasteiger partial charge < -0.3 is 19.9 Å². The number of rotatable bonds is 5. The highest BCUT2D eigenvalue weighted by molar-refractivity contribution is 6.09. The largest absolute Gasteiger partial charge is 0.495 e. The van der Waals surface area contributed by atoms with E-state index in [0.29, 0.717) is 29.1 Å². The summed E-state index contributed by atoms with van der Waals surface area (Å²) in [6, 6.07) is 19.2. The monoisotopic (exact) mass is 457 g/mol. The van der Waals surface area contributed by atoms with Crippen molar-refractivity contribution in [3.63, 3.8) is 0 Å². The summed E-state index contributed by atoms with van der Waals surface area (Å²) in [5, 5.41) is 2.93. The third-order valence-electron chi connectivity index (χ3n) is 6.63. The molecule has 0 aromatic heterocycles. The van der Waals surface area contributed by atoms with Crippen molar-refractivity contribution in [2.75, 3.05) is 38.0 Å². The molecule has 0 spiro atoms. The van der Waals surface area contributed by atoms with Crippen molar-refractivity contribution >= 4 is 23.2 Å². The van der Waals surface area contributed by atoms with Gasteiger partial charge in [0.15, 0.2) is 0 Å². The van der Waals surface area contributed by atoms with Crippen LogP contribution in [0.1, 0.15) is 49.9 Å². The summed E-state index contributed by atoms with van der Waals surface area (Å²) in [5.74, 6) is 0.148. The number of nitrogens with one attached hydrogen (secondary N) is 1. The predicted octanol–water partition coefficient (Wildman–Crippen LogP) is 5.22. The van der Waals surface area contributed by atoms with Crippen molar-refractivity contribution < 1.29 is 14.3 Å². The highest BCUT2D eigenvalue weighted by Gasteiger charge is 2.30. The van der Waals surface area contributed by atoms with Crippen LogP contribution in [0, 0.1) is 13.8 Å². The number of para-hydroxylation sites is 1. The summed E-state index contributed by atoms with van der Waals surface area (Å²) in [6.45, 7) is 4.54. The van der Waals surface area contributed by atoms with Crippen LogP contribution in [-0.4, -0.2) is 44.5 Å². The van der Waals surface area contributed by atoms with Gasteiger partial charge in [-0.05, 0) is 81.4 Å². The third-order valence-corrected chi connectivity index (χ3v) is 6.63. The SMILES string of the molecule is COc1cc(C(=O)N2CCC(N(C)C)c3ccccc32)ccc1NC(=O)c1cccc(C)c1C. The Kier molecular flexibility index (Phi) is 6.70. The molecule has 1 heterocycles. The number of methoxy groups -OCH3 is 1. The quantitative estimate of drug-likeness (QED) is 0.571. The van der Waals surface area contributed by atoms with Gasteiger partial charge >= 0.3 is 0 Å². The molecule has 4 rings (SSSR count). The number of fused-ring (bicyclic) bond motifs is 1. The average Bonchev–Trinajstić information content (AvgIpc) is 2.84. The standard InChI is InChI=1S/C28H31N3O3/c1-18-9-8-11-21(19(18)2)27(32)29-23-14-13-20(17-26(23)34-5)28(33)31-16-15-24(30(3)4)22-10-6-7-12-25(22)31/h6-14,17,24H,15-16H2,1-5H3,(H,29,32). The lowest BCUT2D eigenvalue weighted by molar-refractivity contribution is 0.0979. The van der Waals surface area contributed by atoms with Crippen LogP contribution in [-0.2, 0) is 0 Å². The lowest BCUT2D eigenvalue weighted by Gasteiger charge is -2.37. The zero-order chi connectivity index (χ0) is 24.4. The molecule has 1 N–H and O–H groups in total. The second-order valence-electron chi connectivity index (χ2n) is 8.90. The fourth-order valence-corrected chi connectivity index (χ4v) is 4.56. The first kappa shape index (κ1) is 23.5. The molecule has 1 aliphatic heterocycles. The van der Waals surface area contributed by atoms with Crippen LogP contribution in [0.5, 0.6) is 5.75 Å². The topological polar surface area (TPSA) is 61.9 Å². The van der Waals surface area contributed by atoms with E-state index in [1.807, 2.05) is 49.1 Å². The van der Waals surface area contributed by atoms with Crippen LogP contribution < -0.4 is 15.0 Å². The molecule has 0 radical (unpaired) electrons. The van der Waals surface area contributed by atoms with E-state index in [-0.39, 0.29) is 17.9 Å². The number of hydrogen-bond donors (Lipinski definition) is 1. The number of carbonyl (C=O) groups excluding carboxylic acids is 2. The van der Waals surface area contributed by atoms with Gasteiger partial charge in [-0.3, -0.25) is 9.59 Å². The number of amides is 2. The molecule has 6 nitrogen and oxygen atoms in total. The molecule has 6 heteroatoms. The van der Waals surface area contributed by atoms with Crippen molar-refractivity contribution in [2.24, 2.45) is 0 Å². The predicted molar refractivity (Wildman–Crippen MR) is 136 cm³/mol. The summed E-state index contributed by atoms with van der Waals surface area (Å²) in [5.41, 5.74) is 5.73. The van der Waals surface area contributed by atoms with E-state index < -0.39 is 0 Å². The van der Waals surface area contributed by atoms with Crippen LogP contribution in [0.25, 0.3) is 0 Å². The number of carbonyl (C=O) groups is 2. The van der Waals surface area contributed by atoms with Crippen molar-refractivity contribution in [3.8, 4) is 5.75 Å². The lowest BCUT2D eigenvalue weighted by atomic mass is 9.95. The minimum Gasteiger partial charge on any atom is -0.495 e. The molecule has 3 aromatic carbocycles. The van der Waals surface area contributed by atoms with Crippen molar-refractivity contribution in [1.82, 2.24) is 4.90 Å². The maximum Gasteiger partial charge on any atom is 0.258 e. The molecule has 1 atom stereocenters. The van der Waals surface area contributed by atoms with Gasteiger partial charge in [0.1, 0.15) is 5.75 Å². The second-order valence-corrected chi connectivity index (χ2v) is 8.90. The zero-order valence-electron chi connectivity index (χ0n) is 20.4. The van der Waals surface area contributed by atoms with Gasteiger partial charge in [0.2, 0.25) is 0 Å². The molecule has 34 heavy (non-hydrogen) atoms. The Labute approximate surface area is 201 Å². The Morgan fingerprint density at radius 2 is 1.79 bits per heavy atom. The Bertz CT molecular complexity index is 1240. The average molecular weight is 458 g/mol. The molecular weight excluding hydrogens is 426 g/mol. The Morgan fingerprint density at radius 3 is 2.53 bits per heavy atom. The maximum atomic E-state index is 13.5. The van der Waals surface area contributed by atoms with E-state index in [9.17, 15) is 9.59 Å². The van der Waals surface area contributed by atoms with Gasteiger partial charge in [-0.1, -0.05) is 30.3 Å². The molecule has 2 amide bonds. The number of aryl methyl sites for hydroxylation is 1. The lowest BCUT2D eigenvalue weighted by Crippen LogP contribution is -2.39. The van der Waals surface area contributed by atoms with E-state index in [2.05, 4.69) is 30.4 Å². The van der Waals surface area contributed by atoms with Gasteiger partial charge in [0.05, 0.1) is 12.8 Å². The fraction of sp³-hybridized carbons (Fsp3) is 0.286. The maximum absolute atomic E-state index is 13.5. The molecule has 176 valence electrons. The van der Waals surface area contributed by atoms with Crippen LogP contribution in [0.15, 0.2) is 60.7 Å². The highest BCUT2D eigenvalue weighted by atomic mass is 16.5. The van der Waals surface area contributed by atoms with Crippen LogP contribution in [0.3, 0.4) is 0 Å². The van der Waals surface area contributed by atoms with E-state index in [0.717, 1.165) is 28.8 Å². The van der Waals surface area contributed by atoms with Crippen molar-refractivity contribution in [2.45, 2.75) is 26.3 Å². The van der Waals surface area contributed by atoms with Gasteiger partial charge in [0.25, 0.3) is 11.8 Å². The summed E-state index contributed by atoms with van der Waals surface area (Å²) in [4.78, 5) is 30.4. The molecule has 0 fully saturated rings. The van der Waals surface area contributed by atoms with E-state index in [1.165, 1.54) is 7.11 Å². The number of anilines is 2. The first-order valence-corrected chi connectivity index (χ1v) is 11.4. The van der Waals surface area contributed by atoms with Gasteiger partial charge in [-0.2, -0.15) is 0 Å². The Morgan fingerprint density at radius 1 is 1.03 bits per heavy atom. The molecule has 1 unspecified atom stereocenters. The molecule has 0 saturated carbocycles. The fourth-order valence-electron chi connectivity index (χ4n) is 4.56. The molecular formula is C28H31N3O3. The van der Waals surface area contributed by atoms with Gasteiger partial charge in [-0.25, -0.2) is 0 Å². The minimum absolute atomic E-state index is 0.0876. The summed E-state index contributed by atoms with van der Waals surface area (Å²) >= 11 is 0. The van der Waals surface area contributed by atoms with Gasteiger partial charge in [-0.15, -0.1) is 0 Å². The van der Waals surface area contributed by atoms with E-state index in [4.69, 9.17) is 4.74 Å². The van der Waals surface area contributed by atoms with Crippen molar-refractivity contribution in [3.05, 3.63) is 88.5 Å². The smallest absolute Gasteiger partial charge is 0.258 e. The summed E-state index contributed by atoms with van der Waals surface area (Å²) in [6.07, 6.45) is 0.858. The minimum atomic E-state index is -0.210. The highest BCUT2D eigenvalue weighted by Crippen LogP contribution is 2.37. The molecule has 1 aliphatic rings. The second kappa shape index (κ2) is 9.69. The Balaban J connectivity index is 1.60. The number of benzene rings is 3. The summed E-state index contributed by atoms with van der Waals surface area (Å²) in [7, 11) is 5.67. The third kappa shape index (κ3) is 4.41. The van der Waals surface area contributed by atoms with Crippen LogP contribution in [0.2, 0.25) is 0 Å². The van der Waals surface area contributed by atoms with Gasteiger partial charge in [0, 0.05) is 29.4 Å². The number of ether oxygens (including phenoxy) is 1. The molecule has 3 aromatic rings. The normalized spacial score (nSPS) is 15.1. The first-order chi connectivity index (χ1) is 16.3. The molecule has 0 aliphatic carbocycles. The number of nitrogens with zero attached hydrogens (tertiary/aromatic N) is 2. The van der Waals surface area contributed by atoms with Crippen LogP contribution >= 0.6 is 0 Å². The molecule has 0 saturated heterocycles. The molecule has 0 bridgehead atoms. The van der Waals surface area contributed by atoms with Crippen molar-refractivity contribution in [1.29, 1.82) is 0 Å². The number of hydrogen-bond acceptors (Lipinski definition) is 4. The van der Waals surface area contributed by atoms with E-state index >= 15 is 0 Å². The van der Waals surface area contributed by atoms with E-state index in [1.54, 1.807) is 24.3 Å². The zero-order valence-corrected chi connectivity index (χ0v) is 20.4.